The van der Waals surface area contributed by atoms with Crippen LogP contribution in [0.15, 0.2) is 34.0 Å². The molecule has 42 heavy (non-hydrogen) atoms. The highest BCUT2D eigenvalue weighted by atomic mass is 19.2. The first-order valence-electron chi connectivity index (χ1n) is 13.5. The average Bonchev–Trinajstić information content (AvgIpc) is 3.34. The number of nitrogens with one attached hydrogen (secondary N) is 2. The SMILES string of the molecule is C[C@@H]1Cc2c(ccc(F)c2F)N1C(=O)Cc1nc(N2CCOCC2)c(F)c(=O)[nH]1.O=c1ccnc(N2CCOCC2)[nH]1. The Morgan fingerprint density at radius 3 is 2.29 bits per heavy atom. The Morgan fingerprint density at radius 2 is 1.62 bits per heavy atom. The van der Waals surface area contributed by atoms with Crippen LogP contribution in [0.3, 0.4) is 0 Å². The highest BCUT2D eigenvalue weighted by Crippen LogP contribution is 2.35. The van der Waals surface area contributed by atoms with Crippen LogP contribution in [-0.2, 0) is 27.1 Å². The van der Waals surface area contributed by atoms with Gasteiger partial charge >= 0.3 is 0 Å². The summed E-state index contributed by atoms with van der Waals surface area (Å²) in [5.41, 5.74) is -0.650. The summed E-state index contributed by atoms with van der Waals surface area (Å²) in [6, 6.07) is 3.35. The van der Waals surface area contributed by atoms with E-state index in [-0.39, 0.29) is 41.6 Å². The second-order valence-corrected chi connectivity index (χ2v) is 9.96. The topological polar surface area (TPSA) is 137 Å². The lowest BCUT2D eigenvalue weighted by atomic mass is 10.1. The van der Waals surface area contributed by atoms with Gasteiger partial charge in [0.05, 0.1) is 38.5 Å². The monoisotopic (exact) mass is 589 g/mol. The van der Waals surface area contributed by atoms with Crippen LogP contribution in [0.5, 0.6) is 0 Å². The number of amides is 1. The maximum absolute atomic E-state index is 14.3. The molecular formula is C27H30F3N7O5. The van der Waals surface area contributed by atoms with Crippen molar-refractivity contribution in [2.24, 2.45) is 0 Å². The van der Waals surface area contributed by atoms with Crippen LogP contribution in [0.25, 0.3) is 0 Å². The predicted molar refractivity (Wildman–Crippen MR) is 146 cm³/mol. The van der Waals surface area contributed by atoms with E-state index in [1.54, 1.807) is 11.8 Å². The van der Waals surface area contributed by atoms with E-state index in [4.69, 9.17) is 9.47 Å². The number of benzene rings is 1. The number of aromatic amines is 2. The van der Waals surface area contributed by atoms with Gasteiger partial charge in [0.15, 0.2) is 17.5 Å². The molecule has 2 fully saturated rings. The number of anilines is 3. The van der Waals surface area contributed by atoms with Crippen molar-refractivity contribution in [3.05, 3.63) is 73.9 Å². The number of rotatable bonds is 4. The fourth-order valence-electron chi connectivity index (χ4n) is 5.09. The van der Waals surface area contributed by atoms with Gasteiger partial charge in [-0.1, -0.05) is 0 Å². The van der Waals surface area contributed by atoms with Gasteiger partial charge in [-0.2, -0.15) is 4.39 Å². The van der Waals surface area contributed by atoms with Gasteiger partial charge in [0, 0.05) is 50.0 Å². The Morgan fingerprint density at radius 1 is 0.952 bits per heavy atom. The Labute approximate surface area is 238 Å². The Balaban J connectivity index is 0.000000226. The van der Waals surface area contributed by atoms with E-state index in [2.05, 4.69) is 19.9 Å². The smallest absolute Gasteiger partial charge is 0.289 e. The second kappa shape index (κ2) is 12.7. The van der Waals surface area contributed by atoms with Crippen LogP contribution in [-0.4, -0.2) is 84.5 Å². The zero-order chi connectivity index (χ0) is 29.8. The van der Waals surface area contributed by atoms with Crippen LogP contribution in [0.1, 0.15) is 18.3 Å². The molecule has 1 atom stereocenters. The highest BCUT2D eigenvalue weighted by Gasteiger charge is 2.34. The molecule has 0 radical (unpaired) electrons. The lowest BCUT2D eigenvalue weighted by molar-refractivity contribution is -0.118. The molecule has 1 amide bonds. The third-order valence-corrected chi connectivity index (χ3v) is 7.13. The van der Waals surface area contributed by atoms with Crippen LogP contribution in [0.2, 0.25) is 0 Å². The van der Waals surface area contributed by atoms with Crippen molar-refractivity contribution in [1.82, 2.24) is 19.9 Å². The number of ether oxygens (including phenoxy) is 2. The van der Waals surface area contributed by atoms with E-state index in [0.29, 0.717) is 51.2 Å². The molecule has 5 heterocycles. The van der Waals surface area contributed by atoms with Gasteiger partial charge in [-0.3, -0.25) is 19.4 Å². The van der Waals surface area contributed by atoms with E-state index in [0.717, 1.165) is 19.2 Å². The number of carbonyl (C=O) groups is 1. The molecule has 3 aromatic rings. The van der Waals surface area contributed by atoms with Crippen molar-refractivity contribution in [1.29, 1.82) is 0 Å². The van der Waals surface area contributed by atoms with Crippen LogP contribution in [0, 0.1) is 17.5 Å². The minimum atomic E-state index is -1.01. The molecule has 0 bridgehead atoms. The van der Waals surface area contributed by atoms with Gasteiger partial charge in [-0.05, 0) is 25.5 Å². The number of aromatic nitrogens is 4. The predicted octanol–water partition coefficient (Wildman–Crippen LogP) is 1.15. The normalized spacial score (nSPS) is 18.4. The molecule has 2 N–H and O–H groups in total. The van der Waals surface area contributed by atoms with E-state index >= 15 is 0 Å². The summed E-state index contributed by atoms with van der Waals surface area (Å²) in [4.78, 5) is 54.0. The summed E-state index contributed by atoms with van der Waals surface area (Å²) < 4.78 is 52.3. The van der Waals surface area contributed by atoms with E-state index in [9.17, 15) is 27.6 Å². The summed E-state index contributed by atoms with van der Waals surface area (Å²) in [7, 11) is 0. The Hall–Kier alpha value is -4.24. The number of H-pyrrole nitrogens is 2. The fourth-order valence-corrected chi connectivity index (χ4v) is 5.09. The number of nitrogens with zero attached hydrogens (tertiary/aromatic N) is 5. The fraction of sp³-hybridized carbons (Fsp3) is 0.444. The van der Waals surface area contributed by atoms with Gasteiger partial charge in [0.2, 0.25) is 17.7 Å². The van der Waals surface area contributed by atoms with Crippen molar-refractivity contribution < 1.29 is 27.4 Å². The summed E-state index contributed by atoms with van der Waals surface area (Å²) >= 11 is 0. The van der Waals surface area contributed by atoms with Gasteiger partial charge in [-0.15, -0.1) is 0 Å². The highest BCUT2D eigenvalue weighted by molar-refractivity contribution is 5.97. The third-order valence-electron chi connectivity index (χ3n) is 7.13. The van der Waals surface area contributed by atoms with Crippen LogP contribution in [0.4, 0.5) is 30.6 Å². The van der Waals surface area contributed by atoms with Crippen molar-refractivity contribution in [2.45, 2.75) is 25.8 Å². The molecule has 0 saturated carbocycles. The van der Waals surface area contributed by atoms with E-state index in [1.807, 2.05) is 4.90 Å². The van der Waals surface area contributed by atoms with Crippen LogP contribution < -0.4 is 25.8 Å². The number of fused-ring (bicyclic) bond motifs is 1. The van der Waals surface area contributed by atoms with Crippen LogP contribution >= 0.6 is 0 Å². The first-order chi connectivity index (χ1) is 20.2. The zero-order valence-electron chi connectivity index (χ0n) is 22.9. The largest absolute Gasteiger partial charge is 0.378 e. The number of halogens is 3. The quantitative estimate of drug-likeness (QED) is 0.459. The van der Waals surface area contributed by atoms with Gasteiger partial charge in [0.25, 0.3) is 11.1 Å². The lowest BCUT2D eigenvalue weighted by Gasteiger charge is -2.28. The number of carbonyl (C=O) groups excluding carboxylic acids is 1. The molecule has 6 rings (SSSR count). The van der Waals surface area contributed by atoms with Gasteiger partial charge in [0.1, 0.15) is 5.82 Å². The maximum atomic E-state index is 14.3. The molecule has 2 saturated heterocycles. The van der Waals surface area contributed by atoms with Gasteiger partial charge in [-0.25, -0.2) is 18.7 Å². The van der Waals surface area contributed by atoms with Crippen molar-refractivity contribution >= 4 is 23.4 Å². The van der Waals surface area contributed by atoms with Crippen molar-refractivity contribution in [3.63, 3.8) is 0 Å². The molecule has 224 valence electrons. The van der Waals surface area contributed by atoms with Crippen molar-refractivity contribution in [2.75, 3.05) is 67.3 Å². The second-order valence-electron chi connectivity index (χ2n) is 9.96. The number of hydrogen-bond acceptors (Lipinski definition) is 9. The van der Waals surface area contributed by atoms with Gasteiger partial charge < -0.3 is 29.2 Å². The Bertz CT molecular complexity index is 1550. The first kappa shape index (κ1) is 29.3. The summed E-state index contributed by atoms with van der Waals surface area (Å²) in [5, 5.41) is 0. The first-order valence-corrected chi connectivity index (χ1v) is 13.5. The maximum Gasteiger partial charge on any atom is 0.289 e. The molecule has 12 nitrogen and oxygen atoms in total. The molecule has 15 heteroatoms. The van der Waals surface area contributed by atoms with Crippen molar-refractivity contribution in [3.8, 4) is 0 Å². The molecule has 2 aromatic heterocycles. The third kappa shape index (κ3) is 6.31. The number of hydrogen-bond donors (Lipinski definition) is 2. The van der Waals surface area contributed by atoms with E-state index in [1.165, 1.54) is 23.2 Å². The minimum absolute atomic E-state index is 0.00567. The molecule has 3 aliphatic heterocycles. The average molecular weight is 590 g/mol. The lowest BCUT2D eigenvalue weighted by Crippen LogP contribution is -2.40. The standard InChI is InChI=1S/C19H19F3N4O3.C8H11N3O2/c1-10-8-11-13(3-2-12(20)16(11)21)26(10)15(27)9-14-23-18(17(22)19(28)24-14)25-4-6-29-7-5-25;12-7-1-2-9-8(10-7)11-3-5-13-6-4-11/h2-3,10H,4-9H2,1H3,(H,23,24,28);1-2H,3-6H2,(H,9,10,12)/t10-;/m1./s1. The molecule has 0 unspecified atom stereocenters. The molecule has 3 aliphatic rings. The summed E-state index contributed by atoms with van der Waals surface area (Å²) in [5.74, 6) is -2.88. The minimum Gasteiger partial charge on any atom is -0.378 e. The molecule has 1 aromatic carbocycles. The van der Waals surface area contributed by atoms with E-state index < -0.39 is 28.9 Å². The zero-order valence-corrected chi connectivity index (χ0v) is 22.9. The Kier molecular flexibility index (Phi) is 8.87. The summed E-state index contributed by atoms with van der Waals surface area (Å²) in [6.45, 7) is 6.19. The molecule has 0 aliphatic carbocycles. The number of morpholine rings is 2. The summed E-state index contributed by atoms with van der Waals surface area (Å²) in [6.07, 6.45) is 1.39. The molecular weight excluding hydrogens is 559 g/mol. The molecule has 0 spiro atoms.